The molecule has 31 heavy (non-hydrogen) atoms. The van der Waals surface area contributed by atoms with Crippen LogP contribution in [0.25, 0.3) is 11.0 Å². The van der Waals surface area contributed by atoms with Gasteiger partial charge in [-0.1, -0.05) is 41.8 Å². The van der Waals surface area contributed by atoms with Crippen LogP contribution in [0.2, 0.25) is 10.0 Å². The third-order valence-electron chi connectivity index (χ3n) is 5.52. The number of carbonyl (C=O) groups is 1. The van der Waals surface area contributed by atoms with Gasteiger partial charge in [-0.15, -0.1) is 0 Å². The first-order chi connectivity index (χ1) is 15.0. The van der Waals surface area contributed by atoms with Gasteiger partial charge in [0.15, 0.2) is 0 Å². The van der Waals surface area contributed by atoms with E-state index in [4.69, 9.17) is 23.2 Å². The molecule has 2 heterocycles. The second kappa shape index (κ2) is 9.87. The van der Waals surface area contributed by atoms with Crippen LogP contribution in [0.15, 0.2) is 41.2 Å². The molecule has 3 N–H and O–H groups in total. The van der Waals surface area contributed by atoms with E-state index in [0.29, 0.717) is 21.7 Å². The van der Waals surface area contributed by atoms with Crippen LogP contribution in [0.3, 0.4) is 0 Å². The highest BCUT2D eigenvalue weighted by atomic mass is 35.5. The Bertz CT molecular complexity index is 1120. The summed E-state index contributed by atoms with van der Waals surface area (Å²) >= 11 is 12.0. The number of carbonyl (C=O) groups excluding carboxylic acids is 1. The number of rotatable bonds is 6. The number of piperidine rings is 1. The number of likely N-dealkylation sites (tertiary alicyclic amines) is 1. The van der Waals surface area contributed by atoms with Crippen molar-refractivity contribution in [3.8, 4) is 0 Å². The van der Waals surface area contributed by atoms with E-state index >= 15 is 0 Å². The molecule has 3 aromatic rings. The van der Waals surface area contributed by atoms with E-state index in [9.17, 15) is 9.59 Å². The topological polar surface area (TPSA) is 82.2 Å². The number of benzene rings is 2. The van der Waals surface area contributed by atoms with E-state index in [1.165, 1.54) is 44.5 Å². The predicted octanol–water partition coefficient (Wildman–Crippen LogP) is 4.29. The molecule has 7 nitrogen and oxygen atoms in total. The van der Waals surface area contributed by atoms with Gasteiger partial charge >= 0.3 is 11.7 Å². The summed E-state index contributed by atoms with van der Waals surface area (Å²) in [6, 6.07) is 10.0. The van der Waals surface area contributed by atoms with Gasteiger partial charge in [0.05, 0.1) is 21.1 Å². The first-order valence-corrected chi connectivity index (χ1v) is 11.2. The maximum absolute atomic E-state index is 12.7. The van der Waals surface area contributed by atoms with E-state index in [-0.39, 0.29) is 5.02 Å². The Labute approximate surface area is 190 Å². The lowest BCUT2D eigenvalue weighted by Gasteiger charge is -2.26. The molecule has 1 saturated heterocycles. The van der Waals surface area contributed by atoms with Crippen LogP contribution >= 0.6 is 23.2 Å². The molecule has 4 rings (SSSR count). The summed E-state index contributed by atoms with van der Waals surface area (Å²) < 4.78 is 1.01. The Morgan fingerprint density at radius 1 is 1.03 bits per heavy atom. The van der Waals surface area contributed by atoms with Gasteiger partial charge in [0.1, 0.15) is 0 Å². The van der Waals surface area contributed by atoms with Crippen LogP contribution in [0.5, 0.6) is 0 Å². The number of fused-ring (bicyclic) bond motifs is 1. The molecular weight excluding hydrogens is 437 g/mol. The second-order valence-corrected chi connectivity index (χ2v) is 8.57. The number of H-pyrrole nitrogens is 1. The minimum Gasteiger partial charge on any atom is -0.311 e. The number of aromatic amines is 1. The summed E-state index contributed by atoms with van der Waals surface area (Å²) in [6.45, 7) is 5.20. The number of halogens is 2. The molecule has 1 amide bonds. The number of amides is 1. The third-order valence-corrected chi connectivity index (χ3v) is 6.24. The Morgan fingerprint density at radius 3 is 2.48 bits per heavy atom. The maximum atomic E-state index is 12.7. The van der Waals surface area contributed by atoms with Crippen LogP contribution in [0, 0.1) is 0 Å². The Hall–Kier alpha value is -2.32. The van der Waals surface area contributed by atoms with Crippen molar-refractivity contribution >= 4 is 46.0 Å². The summed E-state index contributed by atoms with van der Waals surface area (Å²) in [5, 5.41) is 6.80. The van der Waals surface area contributed by atoms with Gasteiger partial charge in [-0.2, -0.15) is 0 Å². The predicted molar refractivity (Wildman–Crippen MR) is 125 cm³/mol. The van der Waals surface area contributed by atoms with E-state index in [2.05, 4.69) is 20.5 Å². The molecule has 164 valence electrons. The van der Waals surface area contributed by atoms with Crippen molar-refractivity contribution < 1.29 is 4.79 Å². The first-order valence-electron chi connectivity index (χ1n) is 10.4. The van der Waals surface area contributed by atoms with Gasteiger partial charge in [0, 0.05) is 25.3 Å². The second-order valence-electron chi connectivity index (χ2n) is 7.76. The van der Waals surface area contributed by atoms with Crippen LogP contribution in [-0.4, -0.2) is 46.7 Å². The van der Waals surface area contributed by atoms with Crippen molar-refractivity contribution in [2.24, 2.45) is 0 Å². The van der Waals surface area contributed by atoms with Gasteiger partial charge in [0.2, 0.25) is 0 Å². The average Bonchev–Trinajstić information content (AvgIpc) is 3.08. The molecule has 9 heteroatoms. The lowest BCUT2D eigenvalue weighted by molar-refractivity contribution is 0.229. The molecule has 0 saturated carbocycles. The number of nitrogens with zero attached hydrogens (tertiary/aromatic N) is 2. The molecule has 0 atom stereocenters. The zero-order chi connectivity index (χ0) is 21.8. The van der Waals surface area contributed by atoms with E-state index in [1.807, 2.05) is 24.3 Å². The lowest BCUT2D eigenvalue weighted by Crippen LogP contribution is -2.35. The smallest absolute Gasteiger partial charge is 0.311 e. The van der Waals surface area contributed by atoms with Crippen molar-refractivity contribution in [1.82, 2.24) is 19.8 Å². The molecule has 0 radical (unpaired) electrons. The standard InChI is InChI=1S/C22H25Cl2N5O2/c23-17-12-19-20(13-18(17)24)29(22(31)27-19)21(30)26-16-6-4-15(5-7-16)14-25-8-11-28-9-2-1-3-10-28/h4-7,12-13,25H,1-3,8-11,14H2,(H,26,30)(H,27,31). The third kappa shape index (κ3) is 5.30. The van der Waals surface area contributed by atoms with Crippen molar-refractivity contribution in [3.05, 3.63) is 62.5 Å². The summed E-state index contributed by atoms with van der Waals surface area (Å²) in [5.74, 6) is 0. The quantitative estimate of drug-likeness (QED) is 0.478. The normalized spacial score (nSPS) is 14.8. The summed E-state index contributed by atoms with van der Waals surface area (Å²) in [4.78, 5) is 30.1. The molecule has 0 aliphatic carbocycles. The summed E-state index contributed by atoms with van der Waals surface area (Å²) in [5.41, 5.74) is 1.98. The first kappa shape index (κ1) is 21.9. The molecule has 0 bridgehead atoms. The van der Waals surface area contributed by atoms with E-state index in [1.54, 1.807) is 0 Å². The summed E-state index contributed by atoms with van der Waals surface area (Å²) in [6.07, 6.45) is 3.96. The van der Waals surface area contributed by atoms with Crippen molar-refractivity contribution in [3.63, 3.8) is 0 Å². The fourth-order valence-corrected chi connectivity index (χ4v) is 4.16. The fourth-order valence-electron chi connectivity index (χ4n) is 3.84. The van der Waals surface area contributed by atoms with Crippen LogP contribution in [-0.2, 0) is 6.54 Å². The largest absolute Gasteiger partial charge is 0.334 e. The Kier molecular flexibility index (Phi) is 6.97. The number of aromatic nitrogens is 2. The highest BCUT2D eigenvalue weighted by Crippen LogP contribution is 2.26. The van der Waals surface area contributed by atoms with Gasteiger partial charge in [-0.3, -0.25) is 0 Å². The molecule has 1 fully saturated rings. The van der Waals surface area contributed by atoms with Gasteiger partial charge < -0.3 is 20.5 Å². The van der Waals surface area contributed by atoms with Crippen molar-refractivity contribution in [2.75, 3.05) is 31.5 Å². The highest BCUT2D eigenvalue weighted by Gasteiger charge is 2.16. The van der Waals surface area contributed by atoms with Gasteiger partial charge in [0.25, 0.3) is 0 Å². The highest BCUT2D eigenvalue weighted by molar-refractivity contribution is 6.42. The number of imidazole rings is 1. The minimum atomic E-state index is -0.568. The monoisotopic (exact) mass is 461 g/mol. The van der Waals surface area contributed by atoms with Crippen molar-refractivity contribution in [1.29, 1.82) is 0 Å². The maximum Gasteiger partial charge on any atom is 0.334 e. The summed E-state index contributed by atoms with van der Waals surface area (Å²) in [7, 11) is 0. The SMILES string of the molecule is O=C(Nc1ccc(CNCCN2CCCCC2)cc1)n1c(=O)[nH]c2cc(Cl)c(Cl)cc21. The molecule has 0 spiro atoms. The molecule has 1 aliphatic heterocycles. The Morgan fingerprint density at radius 2 is 1.74 bits per heavy atom. The van der Waals surface area contributed by atoms with E-state index < -0.39 is 11.7 Å². The number of anilines is 1. The minimum absolute atomic E-state index is 0.270. The molecule has 1 aromatic heterocycles. The fraction of sp³-hybridized carbons (Fsp3) is 0.364. The number of hydrogen-bond donors (Lipinski definition) is 3. The van der Waals surface area contributed by atoms with Crippen LogP contribution < -0.4 is 16.3 Å². The molecule has 2 aromatic carbocycles. The number of nitrogens with one attached hydrogen (secondary N) is 3. The van der Waals surface area contributed by atoms with E-state index in [0.717, 1.165) is 29.8 Å². The zero-order valence-electron chi connectivity index (χ0n) is 17.1. The van der Waals surface area contributed by atoms with Gasteiger partial charge in [-0.05, 0) is 55.8 Å². The van der Waals surface area contributed by atoms with Crippen LogP contribution in [0.4, 0.5) is 10.5 Å². The Balaban J connectivity index is 1.34. The zero-order valence-corrected chi connectivity index (χ0v) is 18.6. The molecule has 1 aliphatic rings. The van der Waals surface area contributed by atoms with Crippen LogP contribution in [0.1, 0.15) is 24.8 Å². The van der Waals surface area contributed by atoms with Crippen molar-refractivity contribution in [2.45, 2.75) is 25.8 Å². The molecule has 0 unspecified atom stereocenters. The lowest BCUT2D eigenvalue weighted by atomic mass is 10.1. The molecular formula is C22H25Cl2N5O2. The number of hydrogen-bond acceptors (Lipinski definition) is 4. The average molecular weight is 462 g/mol. The van der Waals surface area contributed by atoms with Gasteiger partial charge in [-0.25, -0.2) is 14.2 Å².